The molecule has 0 radical (unpaired) electrons. The van der Waals surface area contributed by atoms with Crippen molar-refractivity contribution in [3.05, 3.63) is 76.3 Å². The van der Waals surface area contributed by atoms with E-state index < -0.39 is 11.4 Å². The molecule has 9 nitrogen and oxygen atoms in total. The summed E-state index contributed by atoms with van der Waals surface area (Å²) in [7, 11) is 1.56. The number of nitrogens with zero attached hydrogens (tertiary/aromatic N) is 2. The lowest BCUT2D eigenvalue weighted by molar-refractivity contribution is -0.126. The third-order valence-corrected chi connectivity index (χ3v) is 6.24. The molecule has 0 aliphatic carbocycles. The summed E-state index contributed by atoms with van der Waals surface area (Å²) in [4.78, 5) is 33.5. The van der Waals surface area contributed by atoms with Crippen molar-refractivity contribution < 1.29 is 19.1 Å². The molecule has 1 aliphatic rings. The number of ether oxygens (including phenoxy) is 2. The highest BCUT2D eigenvalue weighted by atomic mass is 35.5. The Bertz CT molecular complexity index is 1220. The SMILES string of the molecule is COc1ccc(Oc2ccc(CNC(=O)C3(NC(=O)c4cncnc4)CCNC3)c(Cl)c2)c(Cl)c1. The molecular formula is C24H23Cl2N5O4. The molecule has 1 aromatic heterocycles. The maximum Gasteiger partial charge on any atom is 0.255 e. The number of benzene rings is 2. The van der Waals surface area contributed by atoms with E-state index in [-0.39, 0.29) is 18.0 Å². The summed E-state index contributed by atoms with van der Waals surface area (Å²) in [5.74, 6) is 0.844. The number of aromatic nitrogens is 2. The third kappa shape index (κ3) is 5.82. The smallest absolute Gasteiger partial charge is 0.255 e. The molecule has 1 atom stereocenters. The zero-order valence-electron chi connectivity index (χ0n) is 18.8. The number of nitrogens with one attached hydrogen (secondary N) is 3. The minimum absolute atomic E-state index is 0.174. The predicted molar refractivity (Wildman–Crippen MR) is 131 cm³/mol. The summed E-state index contributed by atoms with van der Waals surface area (Å²) >= 11 is 12.7. The first kappa shape index (κ1) is 24.7. The van der Waals surface area contributed by atoms with Crippen LogP contribution in [0.5, 0.6) is 17.2 Å². The van der Waals surface area contributed by atoms with Gasteiger partial charge in [0.1, 0.15) is 29.1 Å². The standard InChI is InChI=1S/C24H23Cl2N5O4/c1-34-17-4-5-21(20(26)8-17)35-18-3-2-15(19(25)9-18)12-30-23(33)24(6-7-27-13-24)31-22(32)16-10-28-14-29-11-16/h2-5,8-11,14,27H,6-7,12-13H2,1H3,(H,30,33)(H,31,32). The summed E-state index contributed by atoms with van der Waals surface area (Å²) in [5.41, 5.74) is -0.118. The molecular weight excluding hydrogens is 493 g/mol. The van der Waals surface area contributed by atoms with Gasteiger partial charge in [-0.2, -0.15) is 0 Å². The second-order valence-electron chi connectivity index (χ2n) is 7.92. The van der Waals surface area contributed by atoms with Gasteiger partial charge in [0.25, 0.3) is 5.91 Å². The van der Waals surface area contributed by atoms with Gasteiger partial charge in [-0.25, -0.2) is 9.97 Å². The Balaban J connectivity index is 1.41. The van der Waals surface area contributed by atoms with Crippen LogP contribution in [-0.2, 0) is 11.3 Å². The van der Waals surface area contributed by atoms with Gasteiger partial charge in [0.15, 0.2) is 0 Å². The highest BCUT2D eigenvalue weighted by Gasteiger charge is 2.42. The van der Waals surface area contributed by atoms with Crippen molar-refractivity contribution >= 4 is 35.0 Å². The van der Waals surface area contributed by atoms with Crippen LogP contribution in [0.25, 0.3) is 0 Å². The number of carbonyl (C=O) groups excluding carboxylic acids is 2. The molecule has 182 valence electrons. The Kier molecular flexibility index (Phi) is 7.70. The first-order chi connectivity index (χ1) is 16.9. The molecule has 0 saturated carbocycles. The van der Waals surface area contributed by atoms with Gasteiger partial charge in [0.05, 0.1) is 17.7 Å². The molecule has 1 unspecified atom stereocenters. The van der Waals surface area contributed by atoms with E-state index in [1.54, 1.807) is 43.5 Å². The van der Waals surface area contributed by atoms with Gasteiger partial charge >= 0.3 is 0 Å². The molecule has 3 aromatic rings. The maximum absolute atomic E-state index is 13.1. The second-order valence-corrected chi connectivity index (χ2v) is 8.74. The lowest BCUT2D eigenvalue weighted by Crippen LogP contribution is -2.60. The van der Waals surface area contributed by atoms with Crippen LogP contribution in [0.15, 0.2) is 55.1 Å². The van der Waals surface area contributed by atoms with Crippen LogP contribution >= 0.6 is 23.2 Å². The highest BCUT2D eigenvalue weighted by molar-refractivity contribution is 6.32. The average Bonchev–Trinajstić information content (AvgIpc) is 3.34. The number of methoxy groups -OCH3 is 1. The van der Waals surface area contributed by atoms with Crippen molar-refractivity contribution in [1.29, 1.82) is 0 Å². The largest absolute Gasteiger partial charge is 0.497 e. The van der Waals surface area contributed by atoms with Gasteiger partial charge in [0.2, 0.25) is 5.91 Å². The van der Waals surface area contributed by atoms with E-state index in [4.69, 9.17) is 32.7 Å². The van der Waals surface area contributed by atoms with E-state index in [2.05, 4.69) is 25.9 Å². The summed E-state index contributed by atoms with van der Waals surface area (Å²) in [5, 5.41) is 9.67. The quantitative estimate of drug-likeness (QED) is 0.421. The van der Waals surface area contributed by atoms with Crippen LogP contribution in [0.2, 0.25) is 10.0 Å². The van der Waals surface area contributed by atoms with Gasteiger partial charge < -0.3 is 25.4 Å². The molecule has 11 heteroatoms. The number of carbonyl (C=O) groups is 2. The lowest BCUT2D eigenvalue weighted by Gasteiger charge is -2.28. The predicted octanol–water partition coefficient (Wildman–Crippen LogP) is 3.36. The topological polar surface area (TPSA) is 114 Å². The molecule has 4 rings (SSSR count). The molecule has 2 heterocycles. The van der Waals surface area contributed by atoms with E-state index in [0.717, 1.165) is 0 Å². The molecule has 2 amide bonds. The number of rotatable bonds is 8. The van der Waals surface area contributed by atoms with Crippen molar-refractivity contribution in [2.24, 2.45) is 0 Å². The lowest BCUT2D eigenvalue weighted by atomic mass is 9.96. The van der Waals surface area contributed by atoms with E-state index >= 15 is 0 Å². The van der Waals surface area contributed by atoms with Crippen LogP contribution in [0, 0.1) is 0 Å². The number of hydrogen-bond donors (Lipinski definition) is 3. The summed E-state index contributed by atoms with van der Waals surface area (Å²) in [6.07, 6.45) is 4.58. The fourth-order valence-corrected chi connectivity index (χ4v) is 4.10. The van der Waals surface area contributed by atoms with Crippen molar-refractivity contribution in [3.8, 4) is 17.2 Å². The monoisotopic (exact) mass is 515 g/mol. The van der Waals surface area contributed by atoms with E-state index in [9.17, 15) is 9.59 Å². The van der Waals surface area contributed by atoms with Gasteiger partial charge in [-0.15, -0.1) is 0 Å². The summed E-state index contributed by atoms with van der Waals surface area (Å²) in [6, 6.07) is 10.2. The van der Waals surface area contributed by atoms with Crippen LogP contribution < -0.4 is 25.4 Å². The normalized spacial score (nSPS) is 17.0. The van der Waals surface area contributed by atoms with Crippen LogP contribution in [0.4, 0.5) is 0 Å². The number of amides is 2. The van der Waals surface area contributed by atoms with E-state index in [0.29, 0.717) is 52.4 Å². The molecule has 2 aromatic carbocycles. The highest BCUT2D eigenvalue weighted by Crippen LogP contribution is 2.34. The molecule has 1 fully saturated rings. The van der Waals surface area contributed by atoms with Crippen LogP contribution in [0.3, 0.4) is 0 Å². The van der Waals surface area contributed by atoms with E-state index in [1.807, 2.05) is 0 Å². The van der Waals surface area contributed by atoms with E-state index in [1.165, 1.54) is 18.7 Å². The molecule has 1 saturated heterocycles. The van der Waals surface area contributed by atoms with Crippen LogP contribution in [-0.4, -0.2) is 47.5 Å². The van der Waals surface area contributed by atoms with Gasteiger partial charge in [0, 0.05) is 36.6 Å². The van der Waals surface area contributed by atoms with Crippen molar-refractivity contribution in [2.45, 2.75) is 18.5 Å². The maximum atomic E-state index is 13.1. The van der Waals surface area contributed by atoms with Crippen molar-refractivity contribution in [1.82, 2.24) is 25.9 Å². The zero-order valence-corrected chi connectivity index (χ0v) is 20.3. The third-order valence-electron chi connectivity index (χ3n) is 5.60. The Morgan fingerprint density at radius 3 is 2.49 bits per heavy atom. The first-order valence-electron chi connectivity index (χ1n) is 10.8. The number of halogens is 2. The molecule has 1 aliphatic heterocycles. The Morgan fingerprint density at radius 1 is 1.09 bits per heavy atom. The molecule has 0 bridgehead atoms. The minimum atomic E-state index is -1.09. The Labute approximate surface area is 212 Å². The second kappa shape index (κ2) is 10.9. The fourth-order valence-electron chi connectivity index (χ4n) is 3.65. The van der Waals surface area contributed by atoms with Gasteiger partial charge in [-0.1, -0.05) is 29.3 Å². The summed E-state index contributed by atoms with van der Waals surface area (Å²) in [6.45, 7) is 1.08. The number of hydrogen-bond acceptors (Lipinski definition) is 7. The average molecular weight is 516 g/mol. The zero-order chi connectivity index (χ0) is 24.8. The molecule has 0 spiro atoms. The van der Waals surface area contributed by atoms with Gasteiger partial charge in [-0.05, 0) is 42.8 Å². The first-order valence-corrected chi connectivity index (χ1v) is 11.5. The molecule has 3 N–H and O–H groups in total. The minimum Gasteiger partial charge on any atom is -0.497 e. The summed E-state index contributed by atoms with van der Waals surface area (Å²) < 4.78 is 11.0. The Hall–Kier alpha value is -3.40. The van der Waals surface area contributed by atoms with Crippen molar-refractivity contribution in [2.75, 3.05) is 20.2 Å². The molecule has 35 heavy (non-hydrogen) atoms. The van der Waals surface area contributed by atoms with Crippen LogP contribution in [0.1, 0.15) is 22.3 Å². The van der Waals surface area contributed by atoms with Gasteiger partial charge in [-0.3, -0.25) is 9.59 Å². The fraction of sp³-hybridized carbons (Fsp3) is 0.250. The Morgan fingerprint density at radius 2 is 1.83 bits per heavy atom. The van der Waals surface area contributed by atoms with Crippen molar-refractivity contribution in [3.63, 3.8) is 0 Å².